The standard InChI is InChI=1S/C27H31NO3S2/c1-28(15-5-10-19-8-3-2-4-9-19)22-18-20-13-14-21(22)25(20)31-26(29)27(30,23-11-6-16-32-23)24-12-7-17-33-24/h2-4,6-9,11-12,16-17,20-22,25,30H,5,10,13-15,18H2,1H3/t20?,21-,22-,25?/m0/s1. The van der Waals surface area contributed by atoms with Crippen molar-refractivity contribution >= 4 is 28.6 Å². The first-order chi connectivity index (χ1) is 16.1. The summed E-state index contributed by atoms with van der Waals surface area (Å²) in [7, 11) is 2.21. The minimum absolute atomic E-state index is 0.106. The summed E-state index contributed by atoms with van der Waals surface area (Å²) in [6.07, 6.45) is 5.36. The van der Waals surface area contributed by atoms with Gasteiger partial charge < -0.3 is 14.7 Å². The average molecular weight is 482 g/mol. The lowest BCUT2D eigenvalue weighted by Crippen LogP contribution is -2.42. The quantitative estimate of drug-likeness (QED) is 0.420. The third-order valence-corrected chi connectivity index (χ3v) is 9.43. The summed E-state index contributed by atoms with van der Waals surface area (Å²) in [5.74, 6) is 0.203. The third-order valence-electron chi connectivity index (χ3n) is 7.48. The van der Waals surface area contributed by atoms with Crippen LogP contribution in [0.4, 0.5) is 0 Å². The molecular formula is C27H31NO3S2. The molecule has 0 aliphatic heterocycles. The van der Waals surface area contributed by atoms with Crippen LogP contribution in [0, 0.1) is 11.8 Å². The van der Waals surface area contributed by atoms with Gasteiger partial charge in [-0.2, -0.15) is 0 Å². The topological polar surface area (TPSA) is 49.8 Å². The highest BCUT2D eigenvalue weighted by Crippen LogP contribution is 2.49. The molecule has 2 aliphatic rings. The normalized spacial score (nSPS) is 24.5. The van der Waals surface area contributed by atoms with Crippen molar-refractivity contribution in [3.05, 3.63) is 80.7 Å². The number of ether oxygens (including phenoxy) is 1. The number of aliphatic hydroxyl groups is 1. The highest BCUT2D eigenvalue weighted by atomic mass is 32.1. The van der Waals surface area contributed by atoms with E-state index in [4.69, 9.17) is 4.74 Å². The first-order valence-electron chi connectivity index (χ1n) is 11.8. The van der Waals surface area contributed by atoms with Crippen molar-refractivity contribution in [2.45, 2.75) is 49.9 Å². The summed E-state index contributed by atoms with van der Waals surface area (Å²) in [5.41, 5.74) is -0.339. The third kappa shape index (κ3) is 4.42. The monoisotopic (exact) mass is 481 g/mol. The SMILES string of the molecule is CN(CCCc1ccccc1)[C@H]1CC2CC[C@@H]1C2OC(=O)C(O)(c1cccs1)c1cccs1. The first kappa shape index (κ1) is 22.8. The van der Waals surface area contributed by atoms with E-state index < -0.39 is 11.6 Å². The van der Waals surface area contributed by atoms with Crippen molar-refractivity contribution in [1.29, 1.82) is 0 Å². The largest absolute Gasteiger partial charge is 0.459 e. The molecule has 3 aromatic rings. The van der Waals surface area contributed by atoms with Crippen molar-refractivity contribution in [2.24, 2.45) is 11.8 Å². The van der Waals surface area contributed by atoms with Crippen LogP contribution in [0.25, 0.3) is 0 Å². The summed E-state index contributed by atoms with van der Waals surface area (Å²) < 4.78 is 6.16. The maximum absolute atomic E-state index is 13.5. The zero-order chi connectivity index (χ0) is 22.8. The van der Waals surface area contributed by atoms with Gasteiger partial charge in [-0.3, -0.25) is 0 Å². The molecule has 2 unspecified atom stereocenters. The van der Waals surface area contributed by atoms with Gasteiger partial charge in [0.15, 0.2) is 0 Å². The van der Waals surface area contributed by atoms with Crippen LogP contribution in [-0.2, 0) is 21.6 Å². The van der Waals surface area contributed by atoms with Gasteiger partial charge in [0.2, 0.25) is 5.60 Å². The number of benzene rings is 1. The fourth-order valence-corrected chi connectivity index (χ4v) is 7.48. The zero-order valence-corrected chi connectivity index (χ0v) is 20.6. The molecule has 2 saturated carbocycles. The van der Waals surface area contributed by atoms with E-state index in [1.165, 1.54) is 28.2 Å². The first-order valence-corrected chi connectivity index (χ1v) is 13.6. The maximum atomic E-state index is 13.5. The van der Waals surface area contributed by atoms with Crippen LogP contribution in [-0.4, -0.2) is 41.7 Å². The fraction of sp³-hybridized carbons (Fsp3) is 0.444. The number of thiophene rings is 2. The van der Waals surface area contributed by atoms with Gasteiger partial charge >= 0.3 is 5.97 Å². The lowest BCUT2D eigenvalue weighted by molar-refractivity contribution is -0.170. The second-order valence-corrected chi connectivity index (χ2v) is 11.3. The number of aryl methyl sites for hydroxylation is 1. The van der Waals surface area contributed by atoms with E-state index in [0.29, 0.717) is 27.6 Å². The number of fused-ring (bicyclic) bond motifs is 2. The van der Waals surface area contributed by atoms with E-state index in [9.17, 15) is 9.90 Å². The van der Waals surface area contributed by atoms with E-state index in [-0.39, 0.29) is 6.10 Å². The number of hydrogen-bond donors (Lipinski definition) is 1. The van der Waals surface area contributed by atoms with Crippen molar-refractivity contribution in [3.8, 4) is 0 Å². The van der Waals surface area contributed by atoms with Gasteiger partial charge in [0.1, 0.15) is 6.10 Å². The number of carbonyl (C=O) groups is 1. The zero-order valence-electron chi connectivity index (χ0n) is 18.9. The van der Waals surface area contributed by atoms with Crippen molar-refractivity contribution in [3.63, 3.8) is 0 Å². The van der Waals surface area contributed by atoms with E-state index in [0.717, 1.165) is 38.6 Å². The fourth-order valence-electron chi connectivity index (χ4n) is 5.77. The molecule has 4 nitrogen and oxygen atoms in total. The Hall–Kier alpha value is -1.99. The van der Waals surface area contributed by atoms with Gasteiger partial charge in [-0.15, -0.1) is 22.7 Å². The molecule has 1 aromatic carbocycles. The predicted molar refractivity (Wildman–Crippen MR) is 134 cm³/mol. The second-order valence-electron chi connectivity index (χ2n) is 9.41. The molecule has 0 amide bonds. The van der Waals surface area contributed by atoms with Crippen LogP contribution < -0.4 is 0 Å². The van der Waals surface area contributed by atoms with Crippen LogP contribution in [0.2, 0.25) is 0 Å². The molecular weight excluding hydrogens is 450 g/mol. The summed E-state index contributed by atoms with van der Waals surface area (Å²) in [6.45, 7) is 1.04. The van der Waals surface area contributed by atoms with Gasteiger partial charge in [0, 0.05) is 12.0 Å². The highest BCUT2D eigenvalue weighted by molar-refractivity contribution is 7.12. The highest BCUT2D eigenvalue weighted by Gasteiger charge is 2.54. The second kappa shape index (κ2) is 9.71. The predicted octanol–water partition coefficient (Wildman–Crippen LogP) is 5.32. The Morgan fingerprint density at radius 2 is 1.76 bits per heavy atom. The molecule has 0 saturated heterocycles. The Kier molecular flexibility index (Phi) is 6.70. The molecule has 1 N–H and O–H groups in total. The van der Waals surface area contributed by atoms with Gasteiger partial charge in [-0.25, -0.2) is 4.79 Å². The van der Waals surface area contributed by atoms with Crippen molar-refractivity contribution < 1.29 is 14.6 Å². The Balaban J connectivity index is 1.24. The molecule has 33 heavy (non-hydrogen) atoms. The number of esters is 1. The van der Waals surface area contributed by atoms with Crippen LogP contribution in [0.15, 0.2) is 65.4 Å². The van der Waals surface area contributed by atoms with Gasteiger partial charge in [0.05, 0.1) is 9.75 Å². The molecule has 2 heterocycles. The minimum Gasteiger partial charge on any atom is -0.459 e. The van der Waals surface area contributed by atoms with Gasteiger partial charge in [0.25, 0.3) is 0 Å². The van der Waals surface area contributed by atoms with Crippen LogP contribution in [0.5, 0.6) is 0 Å². The summed E-state index contributed by atoms with van der Waals surface area (Å²) in [5, 5.41) is 15.4. The number of rotatable bonds is 9. The Morgan fingerprint density at radius 3 is 2.39 bits per heavy atom. The molecule has 2 bridgehead atoms. The van der Waals surface area contributed by atoms with E-state index in [2.05, 4.69) is 42.3 Å². The Bertz CT molecular complexity index is 1000. The molecule has 2 aliphatic carbocycles. The Morgan fingerprint density at radius 1 is 1.06 bits per heavy atom. The summed E-state index contributed by atoms with van der Waals surface area (Å²) >= 11 is 2.78. The number of nitrogens with zero attached hydrogens (tertiary/aromatic N) is 1. The molecule has 0 radical (unpaired) electrons. The molecule has 2 aromatic heterocycles. The molecule has 5 rings (SSSR count). The molecule has 2 fully saturated rings. The van der Waals surface area contributed by atoms with Crippen molar-refractivity contribution in [2.75, 3.05) is 13.6 Å². The minimum atomic E-state index is -1.72. The molecule has 4 atom stereocenters. The lowest BCUT2D eigenvalue weighted by atomic mass is 9.94. The molecule has 6 heteroatoms. The molecule has 0 spiro atoms. The summed E-state index contributed by atoms with van der Waals surface area (Å²) in [4.78, 5) is 17.2. The van der Waals surface area contributed by atoms with Crippen molar-refractivity contribution in [1.82, 2.24) is 4.90 Å². The smallest absolute Gasteiger partial charge is 0.349 e. The van der Waals surface area contributed by atoms with E-state index in [1.54, 1.807) is 0 Å². The molecule has 174 valence electrons. The van der Waals surface area contributed by atoms with Crippen LogP contribution >= 0.6 is 22.7 Å². The van der Waals surface area contributed by atoms with E-state index >= 15 is 0 Å². The maximum Gasteiger partial charge on any atom is 0.349 e. The lowest BCUT2D eigenvalue weighted by Gasteiger charge is -2.32. The number of carbonyl (C=O) groups excluding carboxylic acids is 1. The average Bonchev–Trinajstić information content (AvgIpc) is 3.65. The van der Waals surface area contributed by atoms with Gasteiger partial charge in [-0.1, -0.05) is 42.5 Å². The van der Waals surface area contributed by atoms with Gasteiger partial charge in [-0.05, 0) is 80.1 Å². The Labute approximate surface area is 203 Å². The van der Waals surface area contributed by atoms with Crippen LogP contribution in [0.1, 0.15) is 41.0 Å². The van der Waals surface area contributed by atoms with Crippen LogP contribution in [0.3, 0.4) is 0 Å². The number of hydrogen-bond acceptors (Lipinski definition) is 6. The summed E-state index contributed by atoms with van der Waals surface area (Å²) in [6, 6.07) is 18.4. The van der Waals surface area contributed by atoms with E-state index in [1.807, 2.05) is 35.0 Å².